The van der Waals surface area contributed by atoms with Crippen LogP contribution in [0.15, 0.2) is 12.1 Å². The van der Waals surface area contributed by atoms with Gasteiger partial charge in [-0.2, -0.15) is 4.37 Å². The first-order chi connectivity index (χ1) is 9.92. The van der Waals surface area contributed by atoms with Crippen LogP contribution in [0.4, 0.5) is 10.8 Å². The third-order valence-corrected chi connectivity index (χ3v) is 3.68. The van der Waals surface area contributed by atoms with Crippen LogP contribution in [0, 0.1) is 0 Å². The van der Waals surface area contributed by atoms with Crippen molar-refractivity contribution in [1.82, 2.24) is 9.36 Å². The van der Waals surface area contributed by atoms with Crippen LogP contribution in [-0.2, 0) is 0 Å². The average Bonchev–Trinajstić information content (AvgIpc) is 2.89. The van der Waals surface area contributed by atoms with Crippen molar-refractivity contribution in [2.24, 2.45) is 0 Å². The van der Waals surface area contributed by atoms with Gasteiger partial charge in [-0.25, -0.2) is 9.78 Å². The molecule has 0 spiro atoms. The molecular weight excluding hydrogens is 314 g/mol. The number of nitrogens with one attached hydrogen (secondary N) is 1. The molecule has 0 unspecified atom stereocenters. The molecule has 1 heterocycles. The van der Waals surface area contributed by atoms with Gasteiger partial charge in [-0.3, -0.25) is 0 Å². The van der Waals surface area contributed by atoms with Gasteiger partial charge < -0.3 is 15.2 Å². The van der Waals surface area contributed by atoms with Gasteiger partial charge in [0.25, 0.3) is 0 Å². The molecule has 112 valence electrons. The Labute approximate surface area is 130 Å². The molecule has 6 nitrogen and oxygen atoms in total. The van der Waals surface area contributed by atoms with Crippen LogP contribution in [0.3, 0.4) is 0 Å². The number of carboxylic acid groups (broad SMARTS) is 1. The van der Waals surface area contributed by atoms with E-state index < -0.39 is 5.97 Å². The number of ether oxygens (including phenoxy) is 1. The molecule has 21 heavy (non-hydrogen) atoms. The lowest BCUT2D eigenvalue weighted by Gasteiger charge is -2.10. The van der Waals surface area contributed by atoms with E-state index in [1.165, 1.54) is 30.8 Å². The van der Waals surface area contributed by atoms with E-state index in [9.17, 15) is 4.79 Å². The molecule has 0 radical (unpaired) electrons. The summed E-state index contributed by atoms with van der Waals surface area (Å²) >= 11 is 7.31. The Hall–Kier alpha value is -1.86. The fraction of sp³-hybridized carbons (Fsp3) is 0.308. The zero-order valence-electron chi connectivity index (χ0n) is 11.7. The summed E-state index contributed by atoms with van der Waals surface area (Å²) < 4.78 is 9.30. The molecule has 2 aromatic rings. The van der Waals surface area contributed by atoms with E-state index in [0.29, 0.717) is 10.8 Å². The van der Waals surface area contributed by atoms with E-state index in [4.69, 9.17) is 21.4 Å². The summed E-state index contributed by atoms with van der Waals surface area (Å²) in [7, 11) is 1.40. The first-order valence-electron chi connectivity index (χ1n) is 6.13. The van der Waals surface area contributed by atoms with Crippen LogP contribution in [0.5, 0.6) is 5.75 Å². The minimum atomic E-state index is -1.10. The van der Waals surface area contributed by atoms with E-state index in [0.717, 1.165) is 5.82 Å². The van der Waals surface area contributed by atoms with Gasteiger partial charge in [-0.05, 0) is 6.07 Å². The number of hydrogen-bond acceptors (Lipinski definition) is 6. The molecule has 0 atom stereocenters. The largest absolute Gasteiger partial charge is 0.496 e. The van der Waals surface area contributed by atoms with Gasteiger partial charge in [0.2, 0.25) is 5.13 Å². The molecule has 2 N–H and O–H groups in total. The topological polar surface area (TPSA) is 84.3 Å². The van der Waals surface area contributed by atoms with Gasteiger partial charge in [0.05, 0.1) is 17.8 Å². The number of carbonyl (C=O) groups is 1. The third-order valence-electron chi connectivity index (χ3n) is 2.72. The number of aromatic nitrogens is 2. The highest BCUT2D eigenvalue weighted by Gasteiger charge is 2.16. The Bertz CT molecular complexity index is 673. The van der Waals surface area contributed by atoms with Crippen molar-refractivity contribution in [3.8, 4) is 5.75 Å². The quantitative estimate of drug-likeness (QED) is 0.869. The Morgan fingerprint density at radius 2 is 2.19 bits per heavy atom. The van der Waals surface area contributed by atoms with E-state index in [1.807, 2.05) is 13.8 Å². The highest BCUT2D eigenvalue weighted by molar-refractivity contribution is 7.09. The summed E-state index contributed by atoms with van der Waals surface area (Å²) in [4.78, 5) is 15.4. The Kier molecular flexibility index (Phi) is 4.64. The van der Waals surface area contributed by atoms with E-state index in [-0.39, 0.29) is 22.3 Å². The molecule has 0 aliphatic heterocycles. The van der Waals surface area contributed by atoms with Crippen molar-refractivity contribution in [2.75, 3.05) is 12.4 Å². The lowest BCUT2D eigenvalue weighted by molar-refractivity contribution is 0.0693. The van der Waals surface area contributed by atoms with Gasteiger partial charge in [0.15, 0.2) is 0 Å². The van der Waals surface area contributed by atoms with Crippen LogP contribution in [0.1, 0.15) is 35.9 Å². The van der Waals surface area contributed by atoms with E-state index in [2.05, 4.69) is 14.7 Å². The predicted octanol–water partition coefficient (Wildman–Crippen LogP) is 3.77. The number of aromatic carboxylic acids is 1. The first-order valence-corrected chi connectivity index (χ1v) is 7.29. The molecule has 1 aromatic carbocycles. The smallest absolute Gasteiger partial charge is 0.339 e. The second kappa shape index (κ2) is 6.28. The lowest BCUT2D eigenvalue weighted by atomic mass is 10.2. The number of anilines is 2. The molecule has 8 heteroatoms. The van der Waals surface area contributed by atoms with Crippen molar-refractivity contribution < 1.29 is 14.6 Å². The maximum absolute atomic E-state index is 11.1. The molecule has 0 amide bonds. The van der Waals surface area contributed by atoms with Crippen molar-refractivity contribution in [3.05, 3.63) is 28.5 Å². The van der Waals surface area contributed by atoms with Crippen LogP contribution in [0.25, 0.3) is 0 Å². The molecule has 2 rings (SSSR count). The van der Waals surface area contributed by atoms with Crippen LogP contribution < -0.4 is 10.1 Å². The Balaban J connectivity index is 2.33. The summed E-state index contributed by atoms with van der Waals surface area (Å²) in [5, 5.41) is 13.0. The Morgan fingerprint density at radius 1 is 1.48 bits per heavy atom. The molecule has 0 bridgehead atoms. The molecule has 1 aromatic heterocycles. The summed E-state index contributed by atoms with van der Waals surface area (Å²) in [6.07, 6.45) is 0. The Morgan fingerprint density at radius 3 is 2.71 bits per heavy atom. The van der Waals surface area contributed by atoms with Crippen LogP contribution in [-0.4, -0.2) is 27.5 Å². The van der Waals surface area contributed by atoms with E-state index in [1.54, 1.807) is 0 Å². The van der Waals surface area contributed by atoms with Crippen molar-refractivity contribution >= 4 is 39.9 Å². The second-order valence-electron chi connectivity index (χ2n) is 4.57. The van der Waals surface area contributed by atoms with Gasteiger partial charge in [-0.15, -0.1) is 0 Å². The van der Waals surface area contributed by atoms with Gasteiger partial charge in [0, 0.05) is 23.5 Å². The summed E-state index contributed by atoms with van der Waals surface area (Å²) in [6, 6.07) is 2.87. The highest BCUT2D eigenvalue weighted by atomic mass is 35.5. The fourth-order valence-electron chi connectivity index (χ4n) is 1.62. The molecule has 0 saturated carbocycles. The molecule has 0 saturated heterocycles. The zero-order chi connectivity index (χ0) is 15.6. The molecule has 0 fully saturated rings. The van der Waals surface area contributed by atoms with Crippen molar-refractivity contribution in [2.45, 2.75) is 19.8 Å². The van der Waals surface area contributed by atoms with Gasteiger partial charge in [-0.1, -0.05) is 25.4 Å². The highest BCUT2D eigenvalue weighted by Crippen LogP contribution is 2.33. The minimum absolute atomic E-state index is 0.00758. The fourth-order valence-corrected chi connectivity index (χ4v) is 2.55. The number of methoxy groups -OCH3 is 1. The monoisotopic (exact) mass is 327 g/mol. The standard InChI is InChI=1S/C13H14ClN3O3S/c1-6(2)11-16-13(21-17-11)15-9-5-10(20-3)7(12(18)19)4-8(9)14/h4-6H,1-3H3,(H,18,19)(H,15,16,17). The minimum Gasteiger partial charge on any atom is -0.496 e. The number of halogens is 1. The number of benzene rings is 1. The molecule has 0 aliphatic rings. The summed E-state index contributed by atoms with van der Waals surface area (Å²) in [6.45, 7) is 4.01. The lowest BCUT2D eigenvalue weighted by Crippen LogP contribution is -2.02. The predicted molar refractivity (Wildman–Crippen MR) is 82.2 cm³/mol. The van der Waals surface area contributed by atoms with Crippen molar-refractivity contribution in [3.63, 3.8) is 0 Å². The number of hydrogen-bond donors (Lipinski definition) is 2. The maximum atomic E-state index is 11.1. The second-order valence-corrected chi connectivity index (χ2v) is 5.73. The summed E-state index contributed by atoms with van der Waals surface area (Å²) in [5.41, 5.74) is 0.526. The van der Waals surface area contributed by atoms with Crippen molar-refractivity contribution in [1.29, 1.82) is 0 Å². The zero-order valence-corrected chi connectivity index (χ0v) is 13.2. The normalized spacial score (nSPS) is 10.7. The number of carboxylic acids is 1. The average molecular weight is 328 g/mol. The van der Waals surface area contributed by atoms with Gasteiger partial charge in [0.1, 0.15) is 17.1 Å². The maximum Gasteiger partial charge on any atom is 0.339 e. The van der Waals surface area contributed by atoms with Crippen LogP contribution >= 0.6 is 23.1 Å². The van der Waals surface area contributed by atoms with E-state index >= 15 is 0 Å². The van der Waals surface area contributed by atoms with Crippen LogP contribution in [0.2, 0.25) is 5.02 Å². The molecular formula is C13H14ClN3O3S. The number of nitrogens with zero attached hydrogens (tertiary/aromatic N) is 2. The SMILES string of the molecule is COc1cc(Nc2nc(C(C)C)ns2)c(Cl)cc1C(=O)O. The molecule has 0 aliphatic carbocycles. The first kappa shape index (κ1) is 15.5. The van der Waals surface area contributed by atoms with Gasteiger partial charge >= 0.3 is 5.97 Å². The number of rotatable bonds is 5. The third kappa shape index (κ3) is 3.43. The summed E-state index contributed by atoms with van der Waals surface area (Å²) in [5.74, 6) is 0.102.